The van der Waals surface area contributed by atoms with Crippen molar-refractivity contribution in [1.82, 2.24) is 9.97 Å². The van der Waals surface area contributed by atoms with E-state index in [1.54, 1.807) is 6.92 Å². The minimum absolute atomic E-state index is 0.120. The minimum atomic E-state index is -0.847. The van der Waals surface area contributed by atoms with Crippen LogP contribution >= 0.6 is 0 Å². The summed E-state index contributed by atoms with van der Waals surface area (Å²) in [7, 11) is 0. The van der Waals surface area contributed by atoms with Gasteiger partial charge in [0.25, 0.3) is 0 Å². The first kappa shape index (κ1) is 17.1. The van der Waals surface area contributed by atoms with Crippen LogP contribution in [0.15, 0.2) is 54.7 Å². The van der Waals surface area contributed by atoms with Crippen molar-refractivity contribution in [2.75, 3.05) is 0 Å². The zero-order chi connectivity index (χ0) is 19.0. The average molecular weight is 360 g/mol. The molecule has 0 fully saturated rings. The van der Waals surface area contributed by atoms with Crippen molar-refractivity contribution in [1.29, 1.82) is 0 Å². The fourth-order valence-electron chi connectivity index (χ4n) is 3.52. The van der Waals surface area contributed by atoms with Crippen LogP contribution in [-0.4, -0.2) is 27.8 Å². The van der Waals surface area contributed by atoms with Gasteiger partial charge in [0.2, 0.25) is 5.78 Å². The number of Topliss-reactive ketones (excluding diaryl/α,β-unsaturated/α-hetero) is 1. The van der Waals surface area contributed by atoms with Gasteiger partial charge in [-0.05, 0) is 31.5 Å². The minimum Gasteiger partial charge on any atom is -0.454 e. The Morgan fingerprint density at radius 1 is 1.00 bits per heavy atom. The molecule has 5 nitrogen and oxygen atoms in total. The lowest BCUT2D eigenvalue weighted by Crippen LogP contribution is -2.25. The molecule has 2 aromatic heterocycles. The molecule has 0 saturated carbocycles. The Kier molecular flexibility index (Phi) is 4.28. The Morgan fingerprint density at radius 3 is 2.44 bits per heavy atom. The third-order valence-corrected chi connectivity index (χ3v) is 4.83. The lowest BCUT2D eigenvalue weighted by molar-refractivity contribution is -0.145. The molecule has 2 aromatic carbocycles. The van der Waals surface area contributed by atoms with Gasteiger partial charge in [0.05, 0.1) is 6.42 Å². The Morgan fingerprint density at radius 2 is 1.67 bits per heavy atom. The summed E-state index contributed by atoms with van der Waals surface area (Å²) in [6, 6.07) is 15.4. The van der Waals surface area contributed by atoms with E-state index in [2.05, 4.69) is 9.97 Å². The van der Waals surface area contributed by atoms with Crippen LogP contribution in [-0.2, 0) is 16.0 Å². The number of H-pyrrole nitrogens is 2. The monoisotopic (exact) mass is 360 g/mol. The number of hydrogen-bond acceptors (Lipinski definition) is 3. The molecule has 2 heterocycles. The lowest BCUT2D eigenvalue weighted by atomic mass is 10.0. The molecular weight excluding hydrogens is 340 g/mol. The molecule has 0 aliphatic carbocycles. The van der Waals surface area contributed by atoms with E-state index < -0.39 is 12.1 Å². The second-order valence-electron chi connectivity index (χ2n) is 6.70. The molecule has 0 aliphatic heterocycles. The van der Waals surface area contributed by atoms with Gasteiger partial charge >= 0.3 is 5.97 Å². The number of hydrogen-bond donors (Lipinski definition) is 2. The van der Waals surface area contributed by atoms with Crippen LogP contribution in [0.3, 0.4) is 0 Å². The van der Waals surface area contributed by atoms with Crippen molar-refractivity contribution < 1.29 is 14.3 Å². The molecule has 0 unspecified atom stereocenters. The summed E-state index contributed by atoms with van der Waals surface area (Å²) in [6.45, 7) is 3.48. The summed E-state index contributed by atoms with van der Waals surface area (Å²) in [4.78, 5) is 31.6. The summed E-state index contributed by atoms with van der Waals surface area (Å²) >= 11 is 0. The highest BCUT2D eigenvalue weighted by Crippen LogP contribution is 2.24. The number of aryl methyl sites for hydroxylation is 1. The van der Waals surface area contributed by atoms with Gasteiger partial charge in [-0.15, -0.1) is 0 Å². The van der Waals surface area contributed by atoms with Crippen molar-refractivity contribution >= 4 is 33.6 Å². The molecule has 4 aromatic rings. The van der Waals surface area contributed by atoms with Gasteiger partial charge in [-0.2, -0.15) is 0 Å². The van der Waals surface area contributed by atoms with Gasteiger partial charge in [0.1, 0.15) is 0 Å². The van der Waals surface area contributed by atoms with Gasteiger partial charge in [-0.3, -0.25) is 9.59 Å². The first-order valence-corrected chi connectivity index (χ1v) is 8.90. The highest BCUT2D eigenvalue weighted by atomic mass is 16.5. The van der Waals surface area contributed by atoms with Crippen LogP contribution in [0.25, 0.3) is 21.8 Å². The Balaban J connectivity index is 1.51. The molecule has 4 rings (SSSR count). The maximum absolute atomic E-state index is 12.9. The van der Waals surface area contributed by atoms with Crippen LogP contribution in [0, 0.1) is 6.92 Å². The predicted octanol–water partition coefficient (Wildman–Crippen LogP) is 4.31. The fraction of sp³-hybridized carbons (Fsp3) is 0.182. The molecule has 0 saturated heterocycles. The summed E-state index contributed by atoms with van der Waals surface area (Å²) in [5.41, 5.74) is 4.09. The van der Waals surface area contributed by atoms with E-state index in [4.69, 9.17) is 4.74 Å². The molecule has 0 spiro atoms. The average Bonchev–Trinajstić information content (AvgIpc) is 3.21. The zero-order valence-electron chi connectivity index (χ0n) is 15.2. The number of ketones is 1. The topological polar surface area (TPSA) is 75.0 Å². The van der Waals surface area contributed by atoms with Crippen LogP contribution in [0.4, 0.5) is 0 Å². The fourth-order valence-corrected chi connectivity index (χ4v) is 3.52. The van der Waals surface area contributed by atoms with E-state index in [0.29, 0.717) is 5.56 Å². The number of para-hydroxylation sites is 2. The largest absolute Gasteiger partial charge is 0.454 e. The first-order chi connectivity index (χ1) is 13.0. The highest BCUT2D eigenvalue weighted by molar-refractivity contribution is 6.11. The maximum atomic E-state index is 12.9. The summed E-state index contributed by atoms with van der Waals surface area (Å²) in [5, 5.41) is 1.83. The van der Waals surface area contributed by atoms with Crippen molar-refractivity contribution in [3.8, 4) is 0 Å². The zero-order valence-corrected chi connectivity index (χ0v) is 15.2. The summed E-state index contributed by atoms with van der Waals surface area (Å²) < 4.78 is 5.45. The molecule has 2 N–H and O–H groups in total. The third kappa shape index (κ3) is 3.12. The number of ether oxygens (including phenoxy) is 1. The predicted molar refractivity (Wildman–Crippen MR) is 105 cm³/mol. The number of rotatable bonds is 5. The van der Waals surface area contributed by atoms with Gasteiger partial charge in [0.15, 0.2) is 6.10 Å². The number of esters is 1. The summed E-state index contributed by atoms with van der Waals surface area (Å²) in [6.07, 6.45) is 1.08. The van der Waals surface area contributed by atoms with E-state index in [1.165, 1.54) is 0 Å². The van der Waals surface area contributed by atoms with E-state index in [-0.39, 0.29) is 12.2 Å². The molecule has 0 bridgehead atoms. The second kappa shape index (κ2) is 6.76. The Bertz CT molecular complexity index is 1150. The molecule has 5 heteroatoms. The smallest absolute Gasteiger partial charge is 0.311 e. The van der Waals surface area contributed by atoms with Gasteiger partial charge in [-0.25, -0.2) is 0 Å². The number of benzene rings is 2. The third-order valence-electron chi connectivity index (χ3n) is 4.83. The molecule has 27 heavy (non-hydrogen) atoms. The van der Waals surface area contributed by atoms with Crippen molar-refractivity contribution in [3.05, 3.63) is 71.5 Å². The lowest BCUT2D eigenvalue weighted by Gasteiger charge is -2.12. The van der Waals surface area contributed by atoms with E-state index >= 15 is 0 Å². The van der Waals surface area contributed by atoms with Crippen LogP contribution < -0.4 is 0 Å². The number of carbonyl (C=O) groups excluding carboxylic acids is 2. The van der Waals surface area contributed by atoms with E-state index in [0.717, 1.165) is 33.1 Å². The Hall–Kier alpha value is -3.34. The van der Waals surface area contributed by atoms with E-state index in [1.807, 2.05) is 61.7 Å². The first-order valence-electron chi connectivity index (χ1n) is 8.90. The quantitative estimate of drug-likeness (QED) is 0.411. The van der Waals surface area contributed by atoms with Crippen molar-refractivity contribution in [3.63, 3.8) is 0 Å². The normalized spacial score (nSPS) is 12.4. The highest BCUT2D eigenvalue weighted by Gasteiger charge is 2.24. The molecule has 0 aliphatic rings. The maximum Gasteiger partial charge on any atom is 0.311 e. The Labute approximate surface area is 156 Å². The van der Waals surface area contributed by atoms with Gasteiger partial charge in [-0.1, -0.05) is 36.4 Å². The number of aromatic amines is 2. The van der Waals surface area contributed by atoms with Gasteiger partial charge < -0.3 is 14.7 Å². The second-order valence-corrected chi connectivity index (χ2v) is 6.70. The molecule has 136 valence electrons. The number of carbonyl (C=O) groups is 2. The van der Waals surface area contributed by atoms with Crippen LogP contribution in [0.5, 0.6) is 0 Å². The number of nitrogens with one attached hydrogen (secondary N) is 2. The van der Waals surface area contributed by atoms with Gasteiger partial charge in [0, 0.05) is 39.3 Å². The number of fused-ring (bicyclic) bond motifs is 2. The van der Waals surface area contributed by atoms with Crippen molar-refractivity contribution in [2.45, 2.75) is 26.4 Å². The molecule has 0 amide bonds. The molecule has 0 radical (unpaired) electrons. The van der Waals surface area contributed by atoms with Crippen LogP contribution in [0.2, 0.25) is 0 Å². The van der Waals surface area contributed by atoms with E-state index in [9.17, 15) is 9.59 Å². The summed E-state index contributed by atoms with van der Waals surface area (Å²) in [5.74, 6) is -0.615. The molecule has 1 atom stereocenters. The SMILES string of the molecule is Cc1[nH]c2ccccc2c1C(=O)[C@@H](C)OC(=O)Cc1c[nH]c2ccccc12. The standard InChI is InChI=1S/C22H20N2O3/c1-13-21(17-8-4-6-10-19(17)24-13)22(26)14(2)27-20(25)11-15-12-23-18-9-5-3-7-16(15)18/h3-10,12,14,23-24H,11H2,1-2H3/t14-/m1/s1. The number of aromatic nitrogens is 2. The van der Waals surface area contributed by atoms with Crippen LogP contribution in [0.1, 0.15) is 28.5 Å². The van der Waals surface area contributed by atoms with Crippen molar-refractivity contribution in [2.24, 2.45) is 0 Å². The molecular formula is C22H20N2O3.